The van der Waals surface area contributed by atoms with E-state index in [1.807, 2.05) is 30.0 Å². The third-order valence-electron chi connectivity index (χ3n) is 7.11. The first kappa shape index (κ1) is 21.7. The van der Waals surface area contributed by atoms with Gasteiger partial charge in [0.25, 0.3) is 5.91 Å². The molecule has 2 saturated heterocycles. The number of nitrogens with zero attached hydrogens (tertiary/aromatic N) is 2. The lowest BCUT2D eigenvalue weighted by Crippen LogP contribution is -2.41. The van der Waals surface area contributed by atoms with Crippen molar-refractivity contribution >= 4 is 38.9 Å². The molecule has 170 valence electrons. The number of nitrogens with one attached hydrogen (secondary N) is 1. The summed E-state index contributed by atoms with van der Waals surface area (Å²) in [6.07, 6.45) is 5.13. The van der Waals surface area contributed by atoms with Gasteiger partial charge in [-0.1, -0.05) is 15.9 Å². The van der Waals surface area contributed by atoms with Gasteiger partial charge in [-0.2, -0.15) is 0 Å². The van der Waals surface area contributed by atoms with Crippen molar-refractivity contribution in [3.05, 3.63) is 52.3 Å². The number of anilines is 3. The second-order valence-corrected chi connectivity index (χ2v) is 10.3. The number of hydrogen-bond donors (Lipinski definition) is 1. The summed E-state index contributed by atoms with van der Waals surface area (Å²) >= 11 is 3.56. The first-order chi connectivity index (χ1) is 15.4. The smallest absolute Gasteiger partial charge is 0.257 e. The van der Waals surface area contributed by atoms with E-state index in [0.29, 0.717) is 42.0 Å². The largest absolute Gasteiger partial charge is 0.375 e. The van der Waals surface area contributed by atoms with Crippen LogP contribution in [0.4, 0.5) is 21.5 Å². The maximum Gasteiger partial charge on any atom is 0.257 e. The summed E-state index contributed by atoms with van der Waals surface area (Å²) in [6.45, 7) is 5.76. The zero-order chi connectivity index (χ0) is 22.3. The summed E-state index contributed by atoms with van der Waals surface area (Å²) in [7, 11) is 0. The van der Waals surface area contributed by atoms with Crippen LogP contribution < -0.4 is 15.1 Å². The Morgan fingerprint density at radius 3 is 2.56 bits per heavy atom. The molecule has 7 heteroatoms. The maximum absolute atomic E-state index is 14.6. The number of amides is 1. The van der Waals surface area contributed by atoms with Crippen molar-refractivity contribution in [1.29, 1.82) is 0 Å². The summed E-state index contributed by atoms with van der Waals surface area (Å²) in [6, 6.07) is 10.6. The van der Waals surface area contributed by atoms with Crippen LogP contribution in [0, 0.1) is 11.2 Å². The number of halogens is 2. The lowest BCUT2D eigenvalue weighted by Gasteiger charge is -2.35. The molecule has 3 fully saturated rings. The molecule has 3 aliphatic rings. The predicted molar refractivity (Wildman–Crippen MR) is 129 cm³/mol. The molecule has 2 aliphatic heterocycles. The third kappa shape index (κ3) is 4.50. The fraction of sp³-hybridized carbons (Fsp3) is 0.480. The van der Waals surface area contributed by atoms with E-state index < -0.39 is 0 Å². The summed E-state index contributed by atoms with van der Waals surface area (Å²) in [5.41, 5.74) is 3.27. The molecule has 0 unspecified atom stereocenters. The minimum atomic E-state index is -0.288. The normalized spacial score (nSPS) is 22.2. The molecule has 1 amide bonds. The molecule has 5 rings (SSSR count). The maximum atomic E-state index is 14.6. The molecule has 5 nitrogen and oxygen atoms in total. The van der Waals surface area contributed by atoms with Crippen molar-refractivity contribution in [2.45, 2.75) is 38.7 Å². The van der Waals surface area contributed by atoms with E-state index in [1.165, 1.54) is 31.7 Å². The predicted octanol–water partition coefficient (Wildman–Crippen LogP) is 5.45. The van der Waals surface area contributed by atoms with Crippen molar-refractivity contribution in [2.75, 3.05) is 47.9 Å². The van der Waals surface area contributed by atoms with Crippen LogP contribution in [0.15, 0.2) is 40.9 Å². The number of carbonyl (C=O) groups excluding carboxylic acids is 1. The van der Waals surface area contributed by atoms with Crippen molar-refractivity contribution in [1.82, 2.24) is 0 Å². The Morgan fingerprint density at radius 2 is 1.84 bits per heavy atom. The molecule has 0 radical (unpaired) electrons. The van der Waals surface area contributed by atoms with Crippen molar-refractivity contribution < 1.29 is 13.9 Å². The number of morpholine rings is 1. The second kappa shape index (κ2) is 8.67. The third-order valence-corrected chi connectivity index (χ3v) is 7.61. The molecule has 1 spiro atoms. The van der Waals surface area contributed by atoms with E-state index in [-0.39, 0.29) is 17.8 Å². The Morgan fingerprint density at radius 1 is 1.06 bits per heavy atom. The molecule has 2 heterocycles. The monoisotopic (exact) mass is 501 g/mol. The first-order valence-electron chi connectivity index (χ1n) is 11.4. The van der Waals surface area contributed by atoms with Crippen LogP contribution in [0.3, 0.4) is 0 Å². The minimum absolute atomic E-state index is 0.0473. The number of hydrogen-bond acceptors (Lipinski definition) is 4. The molecular formula is C25H29BrFN3O2. The quantitative estimate of drug-likeness (QED) is 0.605. The molecule has 32 heavy (non-hydrogen) atoms. The van der Waals surface area contributed by atoms with Crippen LogP contribution in [-0.4, -0.2) is 44.8 Å². The zero-order valence-electron chi connectivity index (χ0n) is 18.4. The number of benzene rings is 2. The van der Waals surface area contributed by atoms with Gasteiger partial charge in [0.15, 0.2) is 0 Å². The lowest BCUT2D eigenvalue weighted by molar-refractivity contribution is 0.0530. The van der Waals surface area contributed by atoms with E-state index in [0.717, 1.165) is 23.2 Å². The fourth-order valence-corrected chi connectivity index (χ4v) is 5.27. The van der Waals surface area contributed by atoms with Gasteiger partial charge in [-0.05, 0) is 74.4 Å². The van der Waals surface area contributed by atoms with E-state index in [1.54, 1.807) is 12.1 Å². The SMILES string of the molecule is C[C@@H]1CN(c2cc(NC(=O)c3ccc(Br)cc3N3CCC4(CC3)CC4)ccc2F)CCO1. The number of piperidine rings is 1. The Kier molecular flexibility index (Phi) is 5.88. The number of ether oxygens (including phenoxy) is 1. The molecule has 1 atom stereocenters. The minimum Gasteiger partial charge on any atom is -0.375 e. The molecule has 2 aromatic carbocycles. The van der Waals surface area contributed by atoms with Crippen LogP contribution in [0.1, 0.15) is 43.0 Å². The van der Waals surface area contributed by atoms with Crippen LogP contribution in [-0.2, 0) is 4.74 Å². The molecular weight excluding hydrogens is 473 g/mol. The number of rotatable bonds is 4. The van der Waals surface area contributed by atoms with E-state index in [4.69, 9.17) is 4.74 Å². The highest BCUT2D eigenvalue weighted by Crippen LogP contribution is 2.54. The summed E-state index contributed by atoms with van der Waals surface area (Å²) in [5, 5.41) is 3.00. The molecule has 0 bridgehead atoms. The van der Waals surface area contributed by atoms with Gasteiger partial charge in [0.05, 0.1) is 29.6 Å². The van der Waals surface area contributed by atoms with Gasteiger partial charge in [-0.3, -0.25) is 4.79 Å². The zero-order valence-corrected chi connectivity index (χ0v) is 20.0. The van der Waals surface area contributed by atoms with Gasteiger partial charge in [0.1, 0.15) is 5.82 Å². The average Bonchev–Trinajstić information content (AvgIpc) is 3.54. The molecule has 1 N–H and O–H groups in total. The molecule has 1 saturated carbocycles. The van der Waals surface area contributed by atoms with Crippen molar-refractivity contribution in [3.63, 3.8) is 0 Å². The highest BCUT2D eigenvalue weighted by atomic mass is 79.9. The summed E-state index contributed by atoms with van der Waals surface area (Å²) in [5.74, 6) is -0.462. The van der Waals surface area contributed by atoms with Crippen molar-refractivity contribution in [2.24, 2.45) is 5.41 Å². The van der Waals surface area contributed by atoms with Gasteiger partial charge in [0.2, 0.25) is 0 Å². The highest BCUT2D eigenvalue weighted by Gasteiger charge is 2.44. The van der Waals surface area contributed by atoms with E-state index >= 15 is 0 Å². The van der Waals surface area contributed by atoms with Crippen LogP contribution in [0.5, 0.6) is 0 Å². The molecule has 1 aliphatic carbocycles. The van der Waals surface area contributed by atoms with Crippen LogP contribution in [0.25, 0.3) is 0 Å². The lowest BCUT2D eigenvalue weighted by atomic mass is 9.93. The van der Waals surface area contributed by atoms with E-state index in [2.05, 4.69) is 26.1 Å². The van der Waals surface area contributed by atoms with Gasteiger partial charge in [-0.25, -0.2) is 4.39 Å². The summed E-state index contributed by atoms with van der Waals surface area (Å²) < 4.78 is 21.1. The fourth-order valence-electron chi connectivity index (χ4n) is 4.93. The van der Waals surface area contributed by atoms with Crippen molar-refractivity contribution in [3.8, 4) is 0 Å². The second-order valence-electron chi connectivity index (χ2n) is 9.40. The standard InChI is InChI=1S/C25H29BrFN3O2/c1-17-16-30(12-13-32-17)23-15-19(3-5-21(23)27)28-24(31)20-4-2-18(26)14-22(20)29-10-8-25(6-7-25)9-11-29/h2-5,14-15,17H,6-13,16H2,1H3,(H,28,31)/t17-/m1/s1. The van der Waals surface area contributed by atoms with Gasteiger partial charge in [-0.15, -0.1) is 0 Å². The van der Waals surface area contributed by atoms with Gasteiger partial charge < -0.3 is 19.9 Å². The van der Waals surface area contributed by atoms with Crippen LogP contribution in [0.2, 0.25) is 0 Å². The Labute approximate surface area is 197 Å². The molecule has 0 aromatic heterocycles. The average molecular weight is 502 g/mol. The van der Waals surface area contributed by atoms with Crippen LogP contribution >= 0.6 is 15.9 Å². The Balaban J connectivity index is 1.35. The summed E-state index contributed by atoms with van der Waals surface area (Å²) in [4.78, 5) is 17.6. The van der Waals surface area contributed by atoms with E-state index in [9.17, 15) is 9.18 Å². The first-order valence-corrected chi connectivity index (χ1v) is 12.2. The molecule has 2 aromatic rings. The van der Waals surface area contributed by atoms with Gasteiger partial charge >= 0.3 is 0 Å². The number of carbonyl (C=O) groups is 1. The van der Waals surface area contributed by atoms with Gasteiger partial charge in [0, 0.05) is 36.3 Å². The Hall–Kier alpha value is -2.12. The highest BCUT2D eigenvalue weighted by molar-refractivity contribution is 9.10. The Bertz CT molecular complexity index is 1020. The topological polar surface area (TPSA) is 44.8 Å².